The Kier molecular flexibility index (Phi) is 5.05. The number of aryl methyl sites for hydroxylation is 1. The number of fused-ring (bicyclic) bond motifs is 4. The lowest BCUT2D eigenvalue weighted by Gasteiger charge is -2.56. The van der Waals surface area contributed by atoms with E-state index in [-0.39, 0.29) is 5.75 Å². The van der Waals surface area contributed by atoms with Crippen molar-refractivity contribution in [2.24, 2.45) is 0 Å². The molecule has 34 heavy (non-hydrogen) atoms. The summed E-state index contributed by atoms with van der Waals surface area (Å²) in [6.45, 7) is 4.61. The van der Waals surface area contributed by atoms with Gasteiger partial charge in [0.1, 0.15) is 5.75 Å². The molecule has 4 nitrogen and oxygen atoms in total. The van der Waals surface area contributed by atoms with Crippen molar-refractivity contribution in [3.8, 4) is 5.75 Å². The summed E-state index contributed by atoms with van der Waals surface area (Å²) in [6, 6.07) is 24.7. The molecule has 4 aromatic rings. The van der Waals surface area contributed by atoms with Crippen LogP contribution in [0.5, 0.6) is 5.75 Å². The lowest BCUT2D eigenvalue weighted by molar-refractivity contribution is -0.102. The van der Waals surface area contributed by atoms with Crippen molar-refractivity contribution in [2.75, 3.05) is 19.6 Å². The molecule has 0 bridgehead atoms. The molecule has 1 saturated heterocycles. The van der Waals surface area contributed by atoms with Crippen LogP contribution in [-0.4, -0.2) is 45.3 Å². The van der Waals surface area contributed by atoms with Crippen molar-refractivity contribution >= 4 is 10.9 Å². The smallest absolute Gasteiger partial charge is 0.115 e. The standard InChI is InChI=1S/C30H32N2O2/c1-21-10-11-25-26-18-30(34)20-32(14-12-22-6-3-2-4-7-22)15-13-29(30,19-28(26)31-27(25)16-21)23-8-5-9-24(33)17-23/h2-11,16-17,31,33-34H,12-15,18-20H2,1H3/t29-,30-/m0/s1. The van der Waals surface area contributed by atoms with E-state index in [1.807, 2.05) is 12.1 Å². The number of phenols is 1. The summed E-state index contributed by atoms with van der Waals surface area (Å²) in [4.78, 5) is 6.12. The van der Waals surface area contributed by atoms with Gasteiger partial charge in [-0.3, -0.25) is 0 Å². The number of aromatic nitrogens is 1. The van der Waals surface area contributed by atoms with Crippen molar-refractivity contribution in [3.05, 3.63) is 101 Å². The largest absolute Gasteiger partial charge is 0.508 e. The van der Waals surface area contributed by atoms with Crippen LogP contribution in [0.1, 0.15) is 34.4 Å². The summed E-state index contributed by atoms with van der Waals surface area (Å²) >= 11 is 0. The Morgan fingerprint density at radius 1 is 0.971 bits per heavy atom. The number of hydrogen-bond acceptors (Lipinski definition) is 3. The highest BCUT2D eigenvalue weighted by atomic mass is 16.3. The number of aromatic amines is 1. The van der Waals surface area contributed by atoms with Gasteiger partial charge in [0.2, 0.25) is 0 Å². The van der Waals surface area contributed by atoms with Crippen LogP contribution in [0, 0.1) is 6.92 Å². The Morgan fingerprint density at radius 2 is 1.82 bits per heavy atom. The molecule has 3 N–H and O–H groups in total. The van der Waals surface area contributed by atoms with Gasteiger partial charge in [0.15, 0.2) is 0 Å². The number of piperidine rings is 1. The van der Waals surface area contributed by atoms with E-state index in [2.05, 4.69) is 71.4 Å². The summed E-state index contributed by atoms with van der Waals surface area (Å²) in [5, 5.41) is 24.0. The van der Waals surface area contributed by atoms with Gasteiger partial charge in [-0.2, -0.15) is 0 Å². The number of benzene rings is 3. The second-order valence-corrected chi connectivity index (χ2v) is 10.4. The minimum atomic E-state index is -0.914. The Balaban J connectivity index is 1.40. The Labute approximate surface area is 200 Å². The first-order valence-corrected chi connectivity index (χ1v) is 12.3. The van der Waals surface area contributed by atoms with Crippen molar-refractivity contribution in [2.45, 2.75) is 43.6 Å². The Hall–Kier alpha value is -3.08. The van der Waals surface area contributed by atoms with Crippen LogP contribution < -0.4 is 0 Å². The highest BCUT2D eigenvalue weighted by Crippen LogP contribution is 2.51. The number of H-pyrrole nitrogens is 1. The lowest BCUT2D eigenvalue weighted by Crippen LogP contribution is -2.66. The molecule has 0 spiro atoms. The van der Waals surface area contributed by atoms with Crippen molar-refractivity contribution in [1.29, 1.82) is 0 Å². The van der Waals surface area contributed by atoms with Crippen molar-refractivity contribution in [1.82, 2.24) is 9.88 Å². The normalized spacial score (nSPS) is 24.6. The first kappa shape index (κ1) is 21.5. The van der Waals surface area contributed by atoms with Crippen LogP contribution >= 0.6 is 0 Å². The predicted molar refractivity (Wildman–Crippen MR) is 136 cm³/mol. The topological polar surface area (TPSA) is 59.5 Å². The zero-order valence-corrected chi connectivity index (χ0v) is 19.7. The molecule has 0 saturated carbocycles. The molecule has 174 valence electrons. The quantitative estimate of drug-likeness (QED) is 0.413. The van der Waals surface area contributed by atoms with Gasteiger partial charge < -0.3 is 20.1 Å². The number of hydrogen-bond donors (Lipinski definition) is 3. The van der Waals surface area contributed by atoms with Gasteiger partial charge in [-0.25, -0.2) is 0 Å². The minimum Gasteiger partial charge on any atom is -0.508 e. The van der Waals surface area contributed by atoms with Gasteiger partial charge in [-0.05, 0) is 66.8 Å². The van der Waals surface area contributed by atoms with Gasteiger partial charge in [-0.1, -0.05) is 54.6 Å². The molecule has 3 aromatic carbocycles. The zero-order chi connectivity index (χ0) is 23.3. The summed E-state index contributed by atoms with van der Waals surface area (Å²) in [5.41, 5.74) is 5.89. The van der Waals surface area contributed by atoms with Gasteiger partial charge in [0.05, 0.1) is 5.60 Å². The van der Waals surface area contributed by atoms with Gasteiger partial charge in [0, 0.05) is 47.9 Å². The molecule has 1 aliphatic heterocycles. The fourth-order valence-electron chi connectivity index (χ4n) is 6.47. The molecule has 0 amide bonds. The zero-order valence-electron chi connectivity index (χ0n) is 19.7. The maximum absolute atomic E-state index is 12.5. The summed E-state index contributed by atoms with van der Waals surface area (Å²) in [5.74, 6) is 0.263. The van der Waals surface area contributed by atoms with E-state index in [0.717, 1.165) is 43.4 Å². The van der Waals surface area contributed by atoms with Gasteiger partial charge in [-0.15, -0.1) is 0 Å². The fourth-order valence-corrected chi connectivity index (χ4v) is 6.47. The molecule has 1 fully saturated rings. The van der Waals surface area contributed by atoms with Crippen LogP contribution in [0.15, 0.2) is 72.8 Å². The average molecular weight is 453 g/mol. The number of rotatable bonds is 4. The van der Waals surface area contributed by atoms with Crippen LogP contribution in [0.2, 0.25) is 0 Å². The third-order valence-corrected chi connectivity index (χ3v) is 8.29. The molecule has 2 heterocycles. The van der Waals surface area contributed by atoms with E-state index in [4.69, 9.17) is 0 Å². The van der Waals surface area contributed by atoms with Crippen LogP contribution in [0.25, 0.3) is 10.9 Å². The van der Waals surface area contributed by atoms with Crippen LogP contribution in [0.4, 0.5) is 0 Å². The summed E-state index contributed by atoms with van der Waals surface area (Å²) < 4.78 is 0. The highest BCUT2D eigenvalue weighted by molar-refractivity contribution is 5.86. The Bertz CT molecular complexity index is 1340. The maximum Gasteiger partial charge on any atom is 0.115 e. The van der Waals surface area contributed by atoms with Gasteiger partial charge in [0.25, 0.3) is 0 Å². The number of likely N-dealkylation sites (tertiary alicyclic amines) is 1. The van der Waals surface area contributed by atoms with Crippen LogP contribution in [0.3, 0.4) is 0 Å². The van der Waals surface area contributed by atoms with Crippen molar-refractivity contribution < 1.29 is 10.2 Å². The van der Waals surface area contributed by atoms with E-state index in [1.165, 1.54) is 27.8 Å². The maximum atomic E-state index is 12.5. The third kappa shape index (κ3) is 3.44. The molecular weight excluding hydrogens is 420 g/mol. The molecule has 2 atom stereocenters. The number of nitrogens with zero attached hydrogens (tertiary/aromatic N) is 1. The van der Waals surface area contributed by atoms with E-state index in [1.54, 1.807) is 6.07 Å². The molecular formula is C30H32N2O2. The summed E-state index contributed by atoms with van der Waals surface area (Å²) in [7, 11) is 0. The van der Waals surface area contributed by atoms with E-state index >= 15 is 0 Å². The molecule has 0 radical (unpaired) electrons. The minimum absolute atomic E-state index is 0.263. The molecule has 6 rings (SSSR count). The predicted octanol–water partition coefficient (Wildman–Crippen LogP) is 4.90. The molecule has 1 aliphatic carbocycles. The van der Waals surface area contributed by atoms with E-state index in [9.17, 15) is 10.2 Å². The number of nitrogens with one attached hydrogen (secondary N) is 1. The second-order valence-electron chi connectivity index (χ2n) is 10.4. The van der Waals surface area contributed by atoms with E-state index in [0.29, 0.717) is 13.0 Å². The average Bonchev–Trinajstić information content (AvgIpc) is 3.16. The van der Waals surface area contributed by atoms with Crippen LogP contribution in [-0.2, 0) is 24.7 Å². The molecule has 0 unspecified atom stereocenters. The number of aliphatic hydroxyl groups is 1. The number of aromatic hydroxyl groups is 1. The number of β-amino-alcohol motifs (C(OH)–C–C–N with tert-alkyl or cyclic N) is 1. The second kappa shape index (κ2) is 8.00. The fraction of sp³-hybridized carbons (Fsp3) is 0.333. The van der Waals surface area contributed by atoms with Gasteiger partial charge >= 0.3 is 0 Å². The highest BCUT2D eigenvalue weighted by Gasteiger charge is 2.57. The molecule has 1 aromatic heterocycles. The molecule has 4 heteroatoms. The SMILES string of the molecule is Cc1ccc2c3c([nH]c2c1)C[C@]1(c2cccc(O)c2)CCN(CCc2ccccc2)C[C@@]1(O)C3. The summed E-state index contributed by atoms with van der Waals surface area (Å²) in [6.07, 6.45) is 3.20. The third-order valence-electron chi connectivity index (χ3n) is 8.29. The Morgan fingerprint density at radius 3 is 2.65 bits per heavy atom. The molecule has 2 aliphatic rings. The first-order valence-electron chi connectivity index (χ1n) is 12.3. The first-order chi connectivity index (χ1) is 16.5. The van der Waals surface area contributed by atoms with E-state index < -0.39 is 11.0 Å². The number of phenolic OH excluding ortho intramolecular Hbond substituents is 1. The van der Waals surface area contributed by atoms with Crippen molar-refractivity contribution in [3.63, 3.8) is 0 Å². The monoisotopic (exact) mass is 452 g/mol. The lowest BCUT2D eigenvalue weighted by atomic mass is 9.56.